The number of hydrogen-bond acceptors (Lipinski definition) is 6. The first-order valence-corrected chi connectivity index (χ1v) is 14.7. The molecule has 0 aliphatic heterocycles. The molecule has 7 heteroatoms. The van der Waals surface area contributed by atoms with Gasteiger partial charge in [0, 0.05) is 5.92 Å². The molecule has 0 saturated heterocycles. The quantitative estimate of drug-likeness (QED) is 0.259. The van der Waals surface area contributed by atoms with Crippen LogP contribution in [0, 0.1) is 35.0 Å². The number of aliphatic hydroxyl groups excluding tert-OH is 2. The summed E-state index contributed by atoms with van der Waals surface area (Å²) in [6.45, 7) is 8.09. The van der Waals surface area contributed by atoms with E-state index in [1.807, 2.05) is 45.1 Å². The zero-order chi connectivity index (χ0) is 28.1. The first-order chi connectivity index (χ1) is 17.8. The van der Waals surface area contributed by atoms with Crippen molar-refractivity contribution in [2.24, 2.45) is 35.0 Å². The van der Waals surface area contributed by atoms with Crippen LogP contribution in [0.5, 0.6) is 0 Å². The Bertz CT molecular complexity index is 864. The Balaban J connectivity index is 1.76. The highest BCUT2D eigenvalue weighted by atomic mass is 16.5. The summed E-state index contributed by atoms with van der Waals surface area (Å²) in [7, 11) is 0. The lowest BCUT2D eigenvalue weighted by Gasteiger charge is -2.51. The van der Waals surface area contributed by atoms with E-state index in [9.17, 15) is 24.9 Å². The first-order valence-electron chi connectivity index (χ1n) is 14.7. The standard InChI is InChI=1S/C31H50O7/c1-5-30(3,4)29(36)38-26-16-21(19-31(37)13-7-6-8-14-31)15-22-10-9-20(2)25(28(22)26)12-11-23(32)17-24(33)18-27(34)35/h6-8,13,20-26,28,32-33,37H,5,9-12,14-19H2,1-4H3,(H,34,35)/t20-,21-,22-,23+,24+,25-,26-,28+,31?/m0/s1. The van der Waals surface area contributed by atoms with Crippen LogP contribution >= 0.6 is 0 Å². The lowest BCUT2D eigenvalue weighted by Crippen LogP contribution is -2.49. The number of carboxylic acid groups (broad SMARTS) is 1. The number of esters is 1. The summed E-state index contributed by atoms with van der Waals surface area (Å²) in [6, 6.07) is 0. The van der Waals surface area contributed by atoms with Crippen LogP contribution in [-0.4, -0.2) is 56.3 Å². The van der Waals surface area contributed by atoms with Gasteiger partial charge in [-0.25, -0.2) is 0 Å². The van der Waals surface area contributed by atoms with Gasteiger partial charge in [0.05, 0.1) is 29.6 Å². The predicted molar refractivity (Wildman–Crippen MR) is 146 cm³/mol. The van der Waals surface area contributed by atoms with E-state index in [1.165, 1.54) is 0 Å². The van der Waals surface area contributed by atoms with Crippen LogP contribution in [0.4, 0.5) is 0 Å². The average molecular weight is 535 g/mol. The molecule has 0 bridgehead atoms. The van der Waals surface area contributed by atoms with Crippen molar-refractivity contribution in [2.45, 2.75) is 122 Å². The SMILES string of the molecule is CCC(C)(C)C(=O)O[C@H]1C[C@@H](CC2(O)C=CC=CC2)C[C@@H]2CC[C@H](C)[C@H](CC[C@@H](O)C[C@@H](O)CC(=O)O)[C@@H]21. The zero-order valence-corrected chi connectivity index (χ0v) is 23.7. The number of aliphatic hydroxyl groups is 3. The fourth-order valence-corrected chi connectivity index (χ4v) is 7.09. The van der Waals surface area contributed by atoms with Gasteiger partial charge in [-0.2, -0.15) is 0 Å². The second-order valence-electron chi connectivity index (χ2n) is 13.1. The van der Waals surface area contributed by atoms with Crippen LogP contribution in [0.3, 0.4) is 0 Å². The number of ether oxygens (including phenoxy) is 1. The molecule has 4 N–H and O–H groups in total. The fourth-order valence-electron chi connectivity index (χ4n) is 7.09. The van der Waals surface area contributed by atoms with Gasteiger partial charge < -0.3 is 25.2 Å². The molecule has 1 unspecified atom stereocenters. The van der Waals surface area contributed by atoms with E-state index in [1.54, 1.807) is 0 Å². The van der Waals surface area contributed by atoms with Gasteiger partial charge in [0.1, 0.15) is 6.10 Å². The molecule has 0 heterocycles. The molecule has 3 aliphatic carbocycles. The van der Waals surface area contributed by atoms with Crippen molar-refractivity contribution in [2.75, 3.05) is 0 Å². The Morgan fingerprint density at radius 1 is 1.13 bits per heavy atom. The Morgan fingerprint density at radius 2 is 1.87 bits per heavy atom. The third kappa shape index (κ3) is 8.15. The smallest absolute Gasteiger partial charge is 0.311 e. The number of carboxylic acids is 1. The van der Waals surface area contributed by atoms with Gasteiger partial charge in [0.25, 0.3) is 0 Å². The summed E-state index contributed by atoms with van der Waals surface area (Å²) in [5.41, 5.74) is -1.42. The number of rotatable bonds is 12. The molecule has 0 aromatic heterocycles. The van der Waals surface area contributed by atoms with Crippen LogP contribution in [0.1, 0.15) is 98.3 Å². The summed E-state index contributed by atoms with van der Waals surface area (Å²) in [4.78, 5) is 24.1. The maximum Gasteiger partial charge on any atom is 0.311 e. The fraction of sp³-hybridized carbons (Fsp3) is 0.806. The van der Waals surface area contributed by atoms with Crippen LogP contribution in [-0.2, 0) is 14.3 Å². The van der Waals surface area contributed by atoms with Crippen molar-refractivity contribution < 1.29 is 34.8 Å². The van der Waals surface area contributed by atoms with Crippen LogP contribution in [0.2, 0.25) is 0 Å². The summed E-state index contributed by atoms with van der Waals surface area (Å²) >= 11 is 0. The Labute approximate surface area is 228 Å². The van der Waals surface area contributed by atoms with Crippen molar-refractivity contribution >= 4 is 11.9 Å². The highest BCUT2D eigenvalue weighted by Crippen LogP contribution is 2.52. The molecule has 0 aromatic carbocycles. The number of carbonyl (C=O) groups is 2. The molecule has 3 aliphatic rings. The summed E-state index contributed by atoms with van der Waals surface area (Å²) in [5.74, 6) is 0.277. The Kier molecular flexibility index (Phi) is 10.6. The van der Waals surface area contributed by atoms with Gasteiger partial charge in [-0.3, -0.25) is 9.59 Å². The van der Waals surface area contributed by atoms with E-state index in [0.29, 0.717) is 37.5 Å². The first kappa shape index (κ1) is 30.8. The van der Waals surface area contributed by atoms with Crippen molar-refractivity contribution in [1.82, 2.24) is 0 Å². The largest absolute Gasteiger partial charge is 0.481 e. The van der Waals surface area contributed by atoms with E-state index >= 15 is 0 Å². The molecule has 0 radical (unpaired) electrons. The topological polar surface area (TPSA) is 124 Å². The average Bonchev–Trinajstić information content (AvgIpc) is 2.83. The summed E-state index contributed by atoms with van der Waals surface area (Å²) in [5, 5.41) is 40.6. The van der Waals surface area contributed by atoms with Gasteiger partial charge in [0.15, 0.2) is 0 Å². The summed E-state index contributed by atoms with van der Waals surface area (Å²) < 4.78 is 6.34. The van der Waals surface area contributed by atoms with Gasteiger partial charge in [-0.1, -0.05) is 44.6 Å². The molecule has 0 amide bonds. The molecule has 3 rings (SSSR count). The number of aliphatic carboxylic acids is 1. The number of fused-ring (bicyclic) bond motifs is 1. The predicted octanol–water partition coefficient (Wildman–Crippen LogP) is 5.03. The molecule has 2 fully saturated rings. The molecule has 0 spiro atoms. The third-order valence-electron chi connectivity index (χ3n) is 9.64. The van der Waals surface area contributed by atoms with Crippen LogP contribution < -0.4 is 0 Å². The van der Waals surface area contributed by atoms with Gasteiger partial charge in [0.2, 0.25) is 0 Å². The van der Waals surface area contributed by atoms with Gasteiger partial charge in [-0.15, -0.1) is 0 Å². The van der Waals surface area contributed by atoms with Gasteiger partial charge in [-0.05, 0) is 95.3 Å². The van der Waals surface area contributed by atoms with Crippen molar-refractivity contribution in [3.63, 3.8) is 0 Å². The molecule has 2 saturated carbocycles. The molecular weight excluding hydrogens is 484 g/mol. The highest BCUT2D eigenvalue weighted by Gasteiger charge is 2.49. The van der Waals surface area contributed by atoms with Crippen molar-refractivity contribution in [3.05, 3.63) is 24.3 Å². The van der Waals surface area contributed by atoms with E-state index in [0.717, 1.165) is 32.1 Å². The molecule has 38 heavy (non-hydrogen) atoms. The monoisotopic (exact) mass is 534 g/mol. The number of allylic oxidation sites excluding steroid dienone is 2. The Morgan fingerprint density at radius 3 is 2.50 bits per heavy atom. The second kappa shape index (κ2) is 13.1. The van der Waals surface area contributed by atoms with E-state index in [-0.39, 0.29) is 42.7 Å². The molecule has 0 aromatic rings. The van der Waals surface area contributed by atoms with E-state index in [4.69, 9.17) is 9.84 Å². The van der Waals surface area contributed by atoms with E-state index < -0.39 is 29.2 Å². The van der Waals surface area contributed by atoms with Crippen LogP contribution in [0.15, 0.2) is 24.3 Å². The van der Waals surface area contributed by atoms with Gasteiger partial charge >= 0.3 is 11.9 Å². The minimum absolute atomic E-state index is 0.0488. The second-order valence-corrected chi connectivity index (χ2v) is 13.1. The minimum Gasteiger partial charge on any atom is -0.481 e. The van der Waals surface area contributed by atoms with E-state index in [2.05, 4.69) is 6.92 Å². The van der Waals surface area contributed by atoms with Crippen molar-refractivity contribution in [3.8, 4) is 0 Å². The lowest BCUT2D eigenvalue weighted by atomic mass is 9.57. The maximum atomic E-state index is 13.3. The number of hydrogen-bond donors (Lipinski definition) is 4. The lowest BCUT2D eigenvalue weighted by molar-refractivity contribution is -0.174. The minimum atomic E-state index is -1.07. The molecular formula is C31H50O7. The van der Waals surface area contributed by atoms with Crippen LogP contribution in [0.25, 0.3) is 0 Å². The summed E-state index contributed by atoms with van der Waals surface area (Å²) in [6.07, 6.45) is 12.4. The normalized spacial score (nSPS) is 34.8. The Hall–Kier alpha value is -1.70. The maximum absolute atomic E-state index is 13.3. The molecule has 7 nitrogen and oxygen atoms in total. The molecule has 216 valence electrons. The van der Waals surface area contributed by atoms with Crippen molar-refractivity contribution in [1.29, 1.82) is 0 Å². The molecule has 9 atom stereocenters. The highest BCUT2D eigenvalue weighted by molar-refractivity contribution is 5.76. The third-order valence-corrected chi connectivity index (χ3v) is 9.64. The number of carbonyl (C=O) groups excluding carboxylic acids is 1. The zero-order valence-electron chi connectivity index (χ0n) is 23.7.